The minimum Gasteiger partial charge on any atom is -0.508 e. The van der Waals surface area contributed by atoms with Gasteiger partial charge in [-0.2, -0.15) is 0 Å². The monoisotopic (exact) mass is 306 g/mol. The molecular weight excluding hydrogens is 288 g/mol. The van der Waals surface area contributed by atoms with Gasteiger partial charge in [-0.1, -0.05) is 18.2 Å². The summed E-state index contributed by atoms with van der Waals surface area (Å²) in [6.07, 6.45) is 0. The fourth-order valence-electron chi connectivity index (χ4n) is 1.98. The van der Waals surface area contributed by atoms with Gasteiger partial charge in [0.2, 0.25) is 10.0 Å². The molecule has 0 heterocycles. The molecule has 2 aromatic carbocycles. The number of nitrogens with two attached hydrogens (primary N) is 1. The van der Waals surface area contributed by atoms with Crippen molar-refractivity contribution in [2.45, 2.75) is 24.8 Å². The number of hydrogen-bond acceptors (Lipinski definition) is 4. The molecule has 0 saturated heterocycles. The van der Waals surface area contributed by atoms with Gasteiger partial charge in [-0.05, 0) is 43.2 Å². The van der Waals surface area contributed by atoms with Crippen LogP contribution in [-0.4, -0.2) is 13.5 Å². The molecule has 5 nitrogen and oxygen atoms in total. The minimum absolute atomic E-state index is 0.0402. The Bertz CT molecular complexity index is 740. The SMILES string of the molecule is Cc1ccc(NC(C)c2ccc(S(N)(=O)=O)cc2)cc1O. The van der Waals surface area contributed by atoms with E-state index >= 15 is 0 Å². The Morgan fingerprint density at radius 2 is 1.76 bits per heavy atom. The third kappa shape index (κ3) is 3.74. The first-order valence-electron chi connectivity index (χ1n) is 6.46. The van der Waals surface area contributed by atoms with E-state index in [-0.39, 0.29) is 16.7 Å². The van der Waals surface area contributed by atoms with Crippen LogP contribution in [0, 0.1) is 6.92 Å². The normalized spacial score (nSPS) is 12.9. The van der Waals surface area contributed by atoms with Crippen LogP contribution in [-0.2, 0) is 10.0 Å². The average Bonchev–Trinajstić information content (AvgIpc) is 2.42. The van der Waals surface area contributed by atoms with Gasteiger partial charge < -0.3 is 10.4 Å². The van der Waals surface area contributed by atoms with E-state index < -0.39 is 10.0 Å². The van der Waals surface area contributed by atoms with Gasteiger partial charge in [-0.3, -0.25) is 0 Å². The lowest BCUT2D eigenvalue weighted by Crippen LogP contribution is -2.12. The van der Waals surface area contributed by atoms with Gasteiger partial charge in [0, 0.05) is 17.8 Å². The van der Waals surface area contributed by atoms with Crippen molar-refractivity contribution in [1.82, 2.24) is 0 Å². The molecule has 21 heavy (non-hydrogen) atoms. The zero-order chi connectivity index (χ0) is 15.6. The Kier molecular flexibility index (Phi) is 4.20. The molecule has 1 unspecified atom stereocenters. The first-order valence-corrected chi connectivity index (χ1v) is 8.01. The zero-order valence-corrected chi connectivity index (χ0v) is 12.7. The molecule has 0 fully saturated rings. The number of phenols is 1. The van der Waals surface area contributed by atoms with Crippen LogP contribution in [0.15, 0.2) is 47.4 Å². The second-order valence-electron chi connectivity index (χ2n) is 4.98. The van der Waals surface area contributed by atoms with Crippen molar-refractivity contribution in [2.75, 3.05) is 5.32 Å². The summed E-state index contributed by atoms with van der Waals surface area (Å²) in [6, 6.07) is 11.7. The van der Waals surface area contributed by atoms with E-state index in [0.29, 0.717) is 0 Å². The van der Waals surface area contributed by atoms with Gasteiger partial charge in [0.25, 0.3) is 0 Å². The highest BCUT2D eigenvalue weighted by Gasteiger charge is 2.10. The molecular formula is C15H18N2O3S. The number of aryl methyl sites for hydroxylation is 1. The number of benzene rings is 2. The highest BCUT2D eigenvalue weighted by molar-refractivity contribution is 7.89. The van der Waals surface area contributed by atoms with Gasteiger partial charge in [0.1, 0.15) is 5.75 Å². The summed E-state index contributed by atoms with van der Waals surface area (Å²) in [5.41, 5.74) is 2.52. The number of nitrogens with one attached hydrogen (secondary N) is 1. The molecule has 0 saturated carbocycles. The topological polar surface area (TPSA) is 92.4 Å². The molecule has 0 spiro atoms. The molecule has 0 radical (unpaired) electrons. The average molecular weight is 306 g/mol. The van der Waals surface area contributed by atoms with Gasteiger partial charge in [0.15, 0.2) is 0 Å². The Hall–Kier alpha value is -2.05. The van der Waals surface area contributed by atoms with Crippen molar-refractivity contribution >= 4 is 15.7 Å². The quantitative estimate of drug-likeness (QED) is 0.809. The first-order chi connectivity index (χ1) is 9.77. The Balaban J connectivity index is 2.16. The van der Waals surface area contributed by atoms with E-state index in [1.165, 1.54) is 12.1 Å². The van der Waals surface area contributed by atoms with Crippen LogP contribution >= 0.6 is 0 Å². The van der Waals surface area contributed by atoms with Crippen molar-refractivity contribution in [3.05, 3.63) is 53.6 Å². The largest absolute Gasteiger partial charge is 0.508 e. The maximum Gasteiger partial charge on any atom is 0.238 e. The highest BCUT2D eigenvalue weighted by atomic mass is 32.2. The third-order valence-corrected chi connectivity index (χ3v) is 4.23. The zero-order valence-electron chi connectivity index (χ0n) is 11.9. The van der Waals surface area contributed by atoms with Crippen LogP contribution in [0.1, 0.15) is 24.1 Å². The van der Waals surface area contributed by atoms with Crippen molar-refractivity contribution < 1.29 is 13.5 Å². The maximum atomic E-state index is 11.2. The lowest BCUT2D eigenvalue weighted by molar-refractivity contribution is 0.471. The van der Waals surface area contributed by atoms with Crippen LogP contribution in [0.3, 0.4) is 0 Å². The summed E-state index contributed by atoms with van der Waals surface area (Å²) < 4.78 is 22.4. The van der Waals surface area contributed by atoms with Crippen LogP contribution in [0.5, 0.6) is 5.75 Å². The molecule has 0 aliphatic heterocycles. The van der Waals surface area contributed by atoms with E-state index in [1.54, 1.807) is 18.2 Å². The molecule has 2 aromatic rings. The predicted octanol–water partition coefficient (Wildman–Crippen LogP) is 2.52. The summed E-state index contributed by atoms with van der Waals surface area (Å²) in [6.45, 7) is 3.78. The first kappa shape index (κ1) is 15.3. The molecule has 4 N–H and O–H groups in total. The van der Waals surface area contributed by atoms with Gasteiger partial charge in [-0.15, -0.1) is 0 Å². The molecule has 0 bridgehead atoms. The van der Waals surface area contributed by atoms with Crippen molar-refractivity contribution in [3.63, 3.8) is 0 Å². The summed E-state index contributed by atoms with van der Waals surface area (Å²) in [4.78, 5) is 0.0893. The lowest BCUT2D eigenvalue weighted by atomic mass is 10.1. The van der Waals surface area contributed by atoms with Crippen molar-refractivity contribution in [3.8, 4) is 5.75 Å². The van der Waals surface area contributed by atoms with Crippen molar-refractivity contribution in [2.24, 2.45) is 5.14 Å². The highest BCUT2D eigenvalue weighted by Crippen LogP contribution is 2.25. The van der Waals surface area contributed by atoms with Crippen molar-refractivity contribution in [1.29, 1.82) is 0 Å². The summed E-state index contributed by atoms with van der Waals surface area (Å²) in [5.74, 6) is 0.233. The molecule has 0 aliphatic rings. The van der Waals surface area contributed by atoms with Gasteiger partial charge in [0.05, 0.1) is 4.90 Å². The van der Waals surface area contributed by atoms with Crippen LogP contribution in [0.25, 0.3) is 0 Å². The lowest BCUT2D eigenvalue weighted by Gasteiger charge is -2.16. The van der Waals surface area contributed by atoms with E-state index in [0.717, 1.165) is 16.8 Å². The minimum atomic E-state index is -3.67. The smallest absolute Gasteiger partial charge is 0.238 e. The van der Waals surface area contributed by atoms with E-state index in [9.17, 15) is 13.5 Å². The number of anilines is 1. The van der Waals surface area contributed by atoms with Crippen LogP contribution in [0.2, 0.25) is 0 Å². The molecule has 1 atom stereocenters. The number of aromatic hydroxyl groups is 1. The summed E-state index contributed by atoms with van der Waals surface area (Å²) >= 11 is 0. The molecule has 6 heteroatoms. The number of phenolic OH excluding ortho intramolecular Hbond substituents is 1. The standard InChI is InChI=1S/C15H18N2O3S/c1-10-3-6-13(9-15(10)18)17-11(2)12-4-7-14(8-5-12)21(16,19)20/h3-9,11,17-18H,1-2H3,(H2,16,19,20). The second-order valence-corrected chi connectivity index (χ2v) is 6.54. The fourth-order valence-corrected chi connectivity index (χ4v) is 2.49. The molecule has 0 aliphatic carbocycles. The van der Waals surface area contributed by atoms with E-state index in [1.807, 2.05) is 26.0 Å². The molecule has 2 rings (SSSR count). The van der Waals surface area contributed by atoms with E-state index in [2.05, 4.69) is 5.32 Å². The summed E-state index contributed by atoms with van der Waals surface area (Å²) in [7, 11) is -3.67. The molecule has 0 aromatic heterocycles. The Morgan fingerprint density at radius 1 is 1.14 bits per heavy atom. The number of rotatable bonds is 4. The van der Waals surface area contributed by atoms with Gasteiger partial charge in [-0.25, -0.2) is 13.6 Å². The molecule has 112 valence electrons. The number of sulfonamides is 1. The number of primary sulfonamides is 1. The van der Waals surface area contributed by atoms with Gasteiger partial charge >= 0.3 is 0 Å². The Morgan fingerprint density at radius 3 is 2.29 bits per heavy atom. The third-order valence-electron chi connectivity index (χ3n) is 3.30. The van der Waals surface area contributed by atoms with E-state index in [4.69, 9.17) is 5.14 Å². The van der Waals surface area contributed by atoms with Crippen LogP contribution < -0.4 is 10.5 Å². The van der Waals surface area contributed by atoms with Crippen LogP contribution in [0.4, 0.5) is 5.69 Å². The fraction of sp³-hybridized carbons (Fsp3) is 0.200. The molecule has 0 amide bonds. The second kappa shape index (κ2) is 5.75. The Labute approximate surface area is 124 Å². The summed E-state index contributed by atoms with van der Waals surface area (Å²) in [5, 5.41) is 18.0. The predicted molar refractivity (Wildman–Crippen MR) is 82.7 cm³/mol. The maximum absolute atomic E-state index is 11.2. The number of hydrogen-bond donors (Lipinski definition) is 3.